The van der Waals surface area contributed by atoms with Crippen LogP contribution in [0, 0.1) is 11.8 Å². The molecule has 1 aromatic carbocycles. The summed E-state index contributed by atoms with van der Waals surface area (Å²) in [5.74, 6) is 2.11. The van der Waals surface area contributed by atoms with Gasteiger partial charge in [-0.1, -0.05) is 13.8 Å². The van der Waals surface area contributed by atoms with Crippen molar-refractivity contribution in [2.45, 2.75) is 39.5 Å². The summed E-state index contributed by atoms with van der Waals surface area (Å²) >= 11 is 0. The molecule has 6 heteroatoms. The van der Waals surface area contributed by atoms with Crippen LogP contribution in [-0.4, -0.2) is 42.1 Å². The Kier molecular flexibility index (Phi) is 5.97. The van der Waals surface area contributed by atoms with Crippen molar-refractivity contribution in [3.8, 4) is 0 Å². The molecule has 0 saturated carbocycles. The number of carbonyl (C=O) groups is 1. The van der Waals surface area contributed by atoms with E-state index >= 15 is 0 Å². The molecule has 154 valence electrons. The number of nitrogens with zero attached hydrogens (tertiary/aromatic N) is 4. The number of hydrogen-bond donors (Lipinski definition) is 1. The third kappa shape index (κ3) is 4.86. The number of carbonyl (C=O) groups excluding carboxylic acids is 1. The number of amides is 1. The molecule has 1 atom stereocenters. The summed E-state index contributed by atoms with van der Waals surface area (Å²) in [6.45, 7) is 8.75. The molecular formula is C23H31N5O. The average Bonchev–Trinajstić information content (AvgIpc) is 2.75. The molecule has 4 rings (SSSR count). The van der Waals surface area contributed by atoms with Crippen molar-refractivity contribution in [1.82, 2.24) is 9.97 Å². The quantitative estimate of drug-likeness (QED) is 0.843. The number of nitrogens with one attached hydrogen (secondary N) is 1. The van der Waals surface area contributed by atoms with Crippen LogP contribution in [0.5, 0.6) is 0 Å². The Hall–Kier alpha value is -2.63. The summed E-state index contributed by atoms with van der Waals surface area (Å²) in [5.41, 5.74) is 2.41. The maximum absolute atomic E-state index is 12.7. The lowest BCUT2D eigenvalue weighted by molar-refractivity contribution is 0.102. The minimum atomic E-state index is -0.196. The highest BCUT2D eigenvalue weighted by atomic mass is 16.1. The van der Waals surface area contributed by atoms with Crippen LogP contribution in [0.4, 0.5) is 17.2 Å². The average molecular weight is 394 g/mol. The number of rotatable bonds is 4. The molecule has 3 heterocycles. The molecule has 1 unspecified atom stereocenters. The lowest BCUT2D eigenvalue weighted by atomic mass is 9.99. The van der Waals surface area contributed by atoms with E-state index < -0.39 is 0 Å². The Morgan fingerprint density at radius 3 is 2.45 bits per heavy atom. The van der Waals surface area contributed by atoms with Crippen molar-refractivity contribution < 1.29 is 4.79 Å². The van der Waals surface area contributed by atoms with Gasteiger partial charge in [0.1, 0.15) is 17.8 Å². The molecule has 1 aromatic heterocycles. The van der Waals surface area contributed by atoms with Gasteiger partial charge in [0.2, 0.25) is 0 Å². The van der Waals surface area contributed by atoms with Crippen LogP contribution < -0.4 is 15.1 Å². The van der Waals surface area contributed by atoms with Gasteiger partial charge in [0.05, 0.1) is 0 Å². The highest BCUT2D eigenvalue weighted by Gasteiger charge is 2.19. The van der Waals surface area contributed by atoms with Crippen LogP contribution >= 0.6 is 0 Å². The van der Waals surface area contributed by atoms with Crippen LogP contribution in [0.2, 0.25) is 0 Å². The fraction of sp³-hybridized carbons (Fsp3) is 0.522. The van der Waals surface area contributed by atoms with Gasteiger partial charge in [0.15, 0.2) is 0 Å². The van der Waals surface area contributed by atoms with Gasteiger partial charge < -0.3 is 15.1 Å². The first kappa shape index (κ1) is 19.7. The Bertz CT molecular complexity index is 829. The van der Waals surface area contributed by atoms with E-state index in [0.29, 0.717) is 11.6 Å². The number of piperidine rings is 2. The van der Waals surface area contributed by atoms with Crippen molar-refractivity contribution in [2.24, 2.45) is 11.8 Å². The summed E-state index contributed by atoms with van der Waals surface area (Å²) in [5, 5.41) is 2.97. The van der Waals surface area contributed by atoms with Gasteiger partial charge in [0, 0.05) is 43.6 Å². The zero-order chi connectivity index (χ0) is 20.2. The minimum absolute atomic E-state index is 0.196. The summed E-state index contributed by atoms with van der Waals surface area (Å²) in [7, 11) is 0. The van der Waals surface area contributed by atoms with Gasteiger partial charge in [-0.3, -0.25) is 4.79 Å². The monoisotopic (exact) mass is 393 g/mol. The second-order valence-corrected chi connectivity index (χ2v) is 8.63. The van der Waals surface area contributed by atoms with Crippen LogP contribution in [-0.2, 0) is 0 Å². The van der Waals surface area contributed by atoms with E-state index in [2.05, 4.69) is 51.1 Å². The molecule has 0 bridgehead atoms. The van der Waals surface area contributed by atoms with Crippen LogP contribution in [0.3, 0.4) is 0 Å². The Balaban J connectivity index is 1.39. The lowest BCUT2D eigenvalue weighted by Gasteiger charge is -2.32. The van der Waals surface area contributed by atoms with Crippen molar-refractivity contribution in [2.75, 3.05) is 41.3 Å². The van der Waals surface area contributed by atoms with Crippen molar-refractivity contribution >= 4 is 23.1 Å². The fourth-order valence-electron chi connectivity index (χ4n) is 4.26. The SMILES string of the molecule is CC1CCN(c2ccc(NC(=O)c3cc(N4CCCC(C)C4)ncn3)cc2)CC1. The maximum atomic E-state index is 12.7. The normalized spacial score (nSPS) is 20.6. The van der Waals surface area contributed by atoms with E-state index in [1.807, 2.05) is 12.1 Å². The second-order valence-electron chi connectivity index (χ2n) is 8.63. The smallest absolute Gasteiger partial charge is 0.274 e. The molecule has 2 aliphatic rings. The molecule has 1 N–H and O–H groups in total. The summed E-state index contributed by atoms with van der Waals surface area (Å²) in [6, 6.07) is 9.92. The first-order valence-corrected chi connectivity index (χ1v) is 10.8. The molecule has 0 radical (unpaired) electrons. The third-order valence-corrected chi connectivity index (χ3v) is 6.14. The van der Waals surface area contributed by atoms with E-state index in [1.165, 1.54) is 31.3 Å². The molecule has 2 aliphatic heterocycles. The zero-order valence-corrected chi connectivity index (χ0v) is 17.5. The predicted octanol–water partition coefficient (Wildman–Crippen LogP) is 4.20. The first-order valence-electron chi connectivity index (χ1n) is 10.8. The van der Waals surface area contributed by atoms with Gasteiger partial charge >= 0.3 is 0 Å². The number of aromatic nitrogens is 2. The van der Waals surface area contributed by atoms with Gasteiger partial charge in [-0.05, 0) is 61.8 Å². The molecule has 0 aliphatic carbocycles. The van der Waals surface area contributed by atoms with Crippen molar-refractivity contribution in [3.05, 3.63) is 42.4 Å². The topological polar surface area (TPSA) is 61.4 Å². The molecule has 29 heavy (non-hydrogen) atoms. The maximum Gasteiger partial charge on any atom is 0.274 e. The van der Waals surface area contributed by atoms with Crippen molar-refractivity contribution in [3.63, 3.8) is 0 Å². The minimum Gasteiger partial charge on any atom is -0.372 e. The summed E-state index contributed by atoms with van der Waals surface area (Å²) in [6.07, 6.45) is 6.38. The highest BCUT2D eigenvalue weighted by Crippen LogP contribution is 2.25. The molecular weight excluding hydrogens is 362 g/mol. The van der Waals surface area contributed by atoms with Crippen molar-refractivity contribution in [1.29, 1.82) is 0 Å². The lowest BCUT2D eigenvalue weighted by Crippen LogP contribution is -2.35. The van der Waals surface area contributed by atoms with E-state index in [9.17, 15) is 4.79 Å². The molecule has 2 fully saturated rings. The van der Waals surface area contributed by atoms with E-state index in [1.54, 1.807) is 6.07 Å². The van der Waals surface area contributed by atoms with E-state index in [4.69, 9.17) is 0 Å². The second kappa shape index (κ2) is 8.80. The van der Waals surface area contributed by atoms with E-state index in [-0.39, 0.29) is 5.91 Å². The molecule has 2 saturated heterocycles. The van der Waals surface area contributed by atoms with Gasteiger partial charge in [-0.15, -0.1) is 0 Å². The largest absolute Gasteiger partial charge is 0.372 e. The Morgan fingerprint density at radius 2 is 1.72 bits per heavy atom. The van der Waals surface area contributed by atoms with Gasteiger partial charge in [-0.2, -0.15) is 0 Å². The highest BCUT2D eigenvalue weighted by molar-refractivity contribution is 6.03. The van der Waals surface area contributed by atoms with Crippen LogP contribution in [0.15, 0.2) is 36.7 Å². The summed E-state index contributed by atoms with van der Waals surface area (Å²) in [4.78, 5) is 25.9. The number of benzene rings is 1. The molecule has 2 aromatic rings. The molecule has 1 amide bonds. The van der Waals surface area contributed by atoms with Gasteiger partial charge in [0.25, 0.3) is 5.91 Å². The first-order chi connectivity index (χ1) is 14.1. The van der Waals surface area contributed by atoms with Gasteiger partial charge in [-0.25, -0.2) is 9.97 Å². The predicted molar refractivity (Wildman–Crippen MR) is 118 cm³/mol. The Morgan fingerprint density at radius 1 is 0.966 bits per heavy atom. The molecule has 0 spiro atoms. The van der Waals surface area contributed by atoms with Crippen LogP contribution in [0.1, 0.15) is 50.0 Å². The third-order valence-electron chi connectivity index (χ3n) is 6.14. The number of hydrogen-bond acceptors (Lipinski definition) is 5. The van der Waals surface area contributed by atoms with E-state index in [0.717, 1.165) is 50.0 Å². The standard InChI is InChI=1S/C23H31N5O/c1-17-9-12-27(13-10-17)20-7-5-19(6-8-20)26-23(29)21-14-22(25-16-24-21)28-11-3-4-18(2)15-28/h5-8,14,16-18H,3-4,9-13,15H2,1-2H3,(H,26,29). The van der Waals surface area contributed by atoms with Crippen LogP contribution in [0.25, 0.3) is 0 Å². The summed E-state index contributed by atoms with van der Waals surface area (Å²) < 4.78 is 0. The molecule has 6 nitrogen and oxygen atoms in total. The number of anilines is 3. The Labute approximate surface area is 173 Å². The fourth-order valence-corrected chi connectivity index (χ4v) is 4.26. The zero-order valence-electron chi connectivity index (χ0n) is 17.5.